The van der Waals surface area contributed by atoms with Crippen molar-refractivity contribution < 1.29 is 14.5 Å². The first-order chi connectivity index (χ1) is 10.0. The summed E-state index contributed by atoms with van der Waals surface area (Å²) in [6, 6.07) is 5.54. The molecule has 0 aliphatic heterocycles. The molecule has 3 rings (SSSR count). The highest BCUT2D eigenvalue weighted by Crippen LogP contribution is 2.50. The van der Waals surface area contributed by atoms with Crippen molar-refractivity contribution in [3.05, 3.63) is 39.9 Å². The van der Waals surface area contributed by atoms with E-state index in [1.54, 1.807) is 0 Å². The fourth-order valence-electron chi connectivity index (χ4n) is 3.79. The number of rotatable bonds is 3. The first-order valence-electron chi connectivity index (χ1n) is 7.36. The van der Waals surface area contributed by atoms with Crippen LogP contribution in [0, 0.1) is 21.4 Å². The second-order valence-corrected chi connectivity index (χ2v) is 6.11. The van der Waals surface area contributed by atoms with E-state index in [1.807, 2.05) is 0 Å². The zero-order valence-electron chi connectivity index (χ0n) is 11.7. The Hall–Kier alpha value is -2.04. The molecule has 1 atom stereocenters. The molecule has 0 saturated heterocycles. The van der Waals surface area contributed by atoms with Crippen molar-refractivity contribution in [2.45, 2.75) is 38.5 Å². The van der Waals surface area contributed by atoms with Crippen molar-refractivity contribution >= 4 is 17.3 Å². The molecule has 21 heavy (non-hydrogen) atoms. The lowest BCUT2D eigenvalue weighted by Crippen LogP contribution is -2.29. The van der Waals surface area contributed by atoms with E-state index in [1.165, 1.54) is 24.3 Å². The Labute approximate surface area is 122 Å². The van der Waals surface area contributed by atoms with E-state index in [0.717, 1.165) is 32.1 Å². The predicted octanol–water partition coefficient (Wildman–Crippen LogP) is 3.32. The van der Waals surface area contributed by atoms with Gasteiger partial charge in [-0.25, -0.2) is 0 Å². The maximum absolute atomic E-state index is 12.6. The topological polar surface area (TPSA) is 77.3 Å². The van der Waals surface area contributed by atoms with Crippen LogP contribution >= 0.6 is 0 Å². The fraction of sp³-hybridized carbons (Fsp3) is 0.500. The molecule has 0 heterocycles. The smallest absolute Gasteiger partial charge is 0.269 e. The largest absolute Gasteiger partial charge is 0.298 e. The molecule has 0 unspecified atom stereocenters. The molecule has 1 aromatic carbocycles. The van der Waals surface area contributed by atoms with Crippen LogP contribution in [-0.2, 0) is 4.79 Å². The van der Waals surface area contributed by atoms with Gasteiger partial charge in [0, 0.05) is 23.1 Å². The van der Waals surface area contributed by atoms with Gasteiger partial charge in [0.25, 0.3) is 5.69 Å². The lowest BCUT2D eigenvalue weighted by Gasteiger charge is -2.20. The second-order valence-electron chi connectivity index (χ2n) is 6.11. The predicted molar refractivity (Wildman–Crippen MR) is 76.1 cm³/mol. The number of nitrogens with zero attached hydrogens (tertiary/aromatic N) is 1. The van der Waals surface area contributed by atoms with Crippen LogP contribution in [-0.4, -0.2) is 16.5 Å². The highest BCUT2D eigenvalue weighted by atomic mass is 16.6. The molecule has 1 aromatic rings. The third-order valence-electron chi connectivity index (χ3n) is 4.99. The maximum Gasteiger partial charge on any atom is 0.269 e. The minimum atomic E-state index is -0.551. The molecule has 2 aliphatic carbocycles. The van der Waals surface area contributed by atoms with Gasteiger partial charge in [-0.15, -0.1) is 0 Å². The summed E-state index contributed by atoms with van der Waals surface area (Å²) in [5, 5.41) is 10.6. The number of Topliss-reactive ketones (excluding diaryl/α,β-unsaturated/α-hetero) is 2. The normalized spacial score (nSPS) is 23.6. The molecule has 5 nitrogen and oxygen atoms in total. The third-order valence-corrected chi connectivity index (χ3v) is 4.99. The summed E-state index contributed by atoms with van der Waals surface area (Å²) in [6.45, 7) is 0. The molecule has 2 fully saturated rings. The summed E-state index contributed by atoms with van der Waals surface area (Å²) < 4.78 is 0. The molecular formula is C16H17NO4. The number of hydrogen-bond acceptors (Lipinski definition) is 4. The Morgan fingerprint density at radius 1 is 1.14 bits per heavy atom. The first-order valence-corrected chi connectivity index (χ1v) is 7.36. The van der Waals surface area contributed by atoms with Gasteiger partial charge in [-0.05, 0) is 37.8 Å². The van der Waals surface area contributed by atoms with Crippen LogP contribution in [0.5, 0.6) is 0 Å². The fourth-order valence-corrected chi connectivity index (χ4v) is 3.79. The van der Waals surface area contributed by atoms with E-state index in [0.29, 0.717) is 12.0 Å². The van der Waals surface area contributed by atoms with E-state index in [2.05, 4.69) is 0 Å². The lowest BCUT2D eigenvalue weighted by molar-refractivity contribution is -0.384. The monoisotopic (exact) mass is 287 g/mol. The lowest BCUT2D eigenvalue weighted by atomic mass is 9.81. The summed E-state index contributed by atoms with van der Waals surface area (Å²) in [5.74, 6) is -0.633. The van der Waals surface area contributed by atoms with Crippen LogP contribution in [0.2, 0.25) is 0 Å². The summed E-state index contributed by atoms with van der Waals surface area (Å²) in [7, 11) is 0. The van der Waals surface area contributed by atoms with Gasteiger partial charge in [0.1, 0.15) is 5.78 Å². The summed E-state index contributed by atoms with van der Waals surface area (Å²) >= 11 is 0. The highest BCUT2D eigenvalue weighted by Gasteiger charge is 2.51. The number of carbonyl (C=O) groups is 2. The van der Waals surface area contributed by atoms with E-state index >= 15 is 0 Å². The molecule has 5 heteroatoms. The number of nitro benzene ring substituents is 1. The van der Waals surface area contributed by atoms with E-state index in [9.17, 15) is 19.7 Å². The number of hydrogen-bond donors (Lipinski definition) is 0. The number of nitro groups is 1. The Bertz CT molecular complexity index is 599. The van der Waals surface area contributed by atoms with Gasteiger partial charge in [0.15, 0.2) is 5.78 Å². The maximum atomic E-state index is 12.6. The van der Waals surface area contributed by atoms with E-state index in [-0.39, 0.29) is 22.7 Å². The van der Waals surface area contributed by atoms with Gasteiger partial charge in [0.05, 0.1) is 10.8 Å². The molecule has 0 radical (unpaired) electrons. The Kier molecular flexibility index (Phi) is 3.35. The van der Waals surface area contributed by atoms with Crippen molar-refractivity contribution in [1.82, 2.24) is 0 Å². The van der Waals surface area contributed by atoms with Gasteiger partial charge in [-0.3, -0.25) is 19.7 Å². The molecule has 2 saturated carbocycles. The molecule has 1 spiro atoms. The number of benzene rings is 1. The molecule has 2 aliphatic rings. The van der Waals surface area contributed by atoms with E-state index in [4.69, 9.17) is 0 Å². The van der Waals surface area contributed by atoms with Crippen LogP contribution in [0.25, 0.3) is 0 Å². The SMILES string of the molecule is O=C(c1ccc([N+](=O)[O-])cc1)[C@@H]1CCC2(CCCC2)C1=O. The van der Waals surface area contributed by atoms with Crippen LogP contribution < -0.4 is 0 Å². The van der Waals surface area contributed by atoms with Crippen molar-refractivity contribution in [3.63, 3.8) is 0 Å². The van der Waals surface area contributed by atoms with Crippen LogP contribution in [0.15, 0.2) is 24.3 Å². The number of ketones is 2. The Morgan fingerprint density at radius 3 is 2.33 bits per heavy atom. The van der Waals surface area contributed by atoms with Gasteiger partial charge >= 0.3 is 0 Å². The molecule has 0 bridgehead atoms. The standard InChI is InChI=1S/C16H17NO4/c18-14(11-3-5-12(6-4-11)17(20)21)13-7-10-16(15(13)19)8-1-2-9-16/h3-6,13H,1-2,7-10H2/t13-/m0/s1. The molecule has 0 N–H and O–H groups in total. The quantitative estimate of drug-likeness (QED) is 0.370. The zero-order valence-corrected chi connectivity index (χ0v) is 11.7. The highest BCUT2D eigenvalue weighted by molar-refractivity contribution is 6.13. The van der Waals surface area contributed by atoms with Gasteiger partial charge in [-0.2, -0.15) is 0 Å². The van der Waals surface area contributed by atoms with Gasteiger partial charge in [-0.1, -0.05) is 12.8 Å². The average Bonchev–Trinajstić information content (AvgIpc) is 3.08. The minimum absolute atomic E-state index is 0.0449. The number of non-ortho nitro benzene ring substituents is 1. The third kappa shape index (κ3) is 2.26. The van der Waals surface area contributed by atoms with Crippen LogP contribution in [0.3, 0.4) is 0 Å². The van der Waals surface area contributed by atoms with Crippen molar-refractivity contribution in [1.29, 1.82) is 0 Å². The molecule has 0 amide bonds. The van der Waals surface area contributed by atoms with Crippen molar-refractivity contribution in [3.8, 4) is 0 Å². The molecule has 110 valence electrons. The second kappa shape index (κ2) is 5.06. The summed E-state index contributed by atoms with van der Waals surface area (Å²) in [6.07, 6.45) is 5.41. The summed E-state index contributed by atoms with van der Waals surface area (Å²) in [4.78, 5) is 35.2. The van der Waals surface area contributed by atoms with Crippen molar-refractivity contribution in [2.24, 2.45) is 11.3 Å². The molecule has 0 aromatic heterocycles. The van der Waals surface area contributed by atoms with Crippen LogP contribution in [0.1, 0.15) is 48.9 Å². The minimum Gasteiger partial charge on any atom is -0.298 e. The number of carbonyl (C=O) groups excluding carboxylic acids is 2. The van der Waals surface area contributed by atoms with E-state index < -0.39 is 10.8 Å². The van der Waals surface area contributed by atoms with Crippen molar-refractivity contribution in [2.75, 3.05) is 0 Å². The Balaban J connectivity index is 1.79. The molecular weight excluding hydrogens is 270 g/mol. The summed E-state index contributed by atoms with van der Waals surface area (Å²) in [5.41, 5.74) is 0.103. The van der Waals surface area contributed by atoms with Gasteiger partial charge in [0.2, 0.25) is 0 Å². The van der Waals surface area contributed by atoms with Gasteiger partial charge < -0.3 is 0 Å². The van der Waals surface area contributed by atoms with Crippen LogP contribution in [0.4, 0.5) is 5.69 Å². The Morgan fingerprint density at radius 2 is 1.76 bits per heavy atom. The average molecular weight is 287 g/mol. The zero-order chi connectivity index (χ0) is 15.0. The first kappa shape index (κ1) is 13.9.